The van der Waals surface area contributed by atoms with Crippen LogP contribution in [0.4, 0.5) is 5.69 Å². The molecule has 2 fully saturated rings. The van der Waals surface area contributed by atoms with Crippen molar-refractivity contribution >= 4 is 5.69 Å². The second-order valence-corrected chi connectivity index (χ2v) is 5.59. The molecule has 0 amide bonds. The molecular formula is C15H22N2O3. The Morgan fingerprint density at radius 2 is 1.95 bits per heavy atom. The van der Waals surface area contributed by atoms with Gasteiger partial charge in [-0.1, -0.05) is 12.1 Å². The molecule has 110 valence electrons. The zero-order valence-electron chi connectivity index (χ0n) is 11.6. The maximum atomic E-state index is 10.3. The van der Waals surface area contributed by atoms with Gasteiger partial charge >= 0.3 is 0 Å². The summed E-state index contributed by atoms with van der Waals surface area (Å²) in [6, 6.07) is 7.45. The van der Waals surface area contributed by atoms with Gasteiger partial charge in [0.2, 0.25) is 0 Å². The molecule has 20 heavy (non-hydrogen) atoms. The number of hydrogen-bond acceptors (Lipinski definition) is 5. The third-order valence-electron chi connectivity index (χ3n) is 4.16. The van der Waals surface area contributed by atoms with Crippen LogP contribution >= 0.6 is 0 Å². The summed E-state index contributed by atoms with van der Waals surface area (Å²) in [6.45, 7) is 3.80. The van der Waals surface area contributed by atoms with Crippen LogP contribution in [0.25, 0.3) is 0 Å². The van der Waals surface area contributed by atoms with Crippen molar-refractivity contribution in [2.75, 3.05) is 38.6 Å². The number of aliphatic hydroxyl groups is 1. The molecular weight excluding hydrogens is 256 g/mol. The van der Waals surface area contributed by atoms with Gasteiger partial charge in [-0.25, -0.2) is 0 Å². The molecule has 5 nitrogen and oxygen atoms in total. The van der Waals surface area contributed by atoms with E-state index in [4.69, 9.17) is 15.2 Å². The van der Waals surface area contributed by atoms with Crippen LogP contribution in [-0.2, 0) is 9.47 Å². The summed E-state index contributed by atoms with van der Waals surface area (Å²) in [4.78, 5) is 2.25. The van der Waals surface area contributed by atoms with Gasteiger partial charge in [0.25, 0.3) is 0 Å². The summed E-state index contributed by atoms with van der Waals surface area (Å²) in [5, 5.41) is 10.3. The lowest BCUT2D eigenvalue weighted by atomic mass is 10.0. The highest BCUT2D eigenvalue weighted by Crippen LogP contribution is 2.31. The van der Waals surface area contributed by atoms with Gasteiger partial charge in [0, 0.05) is 38.2 Å². The van der Waals surface area contributed by atoms with E-state index in [0.717, 1.165) is 31.5 Å². The normalized spacial score (nSPS) is 24.1. The summed E-state index contributed by atoms with van der Waals surface area (Å²) in [5.74, 6) is -0.349. The van der Waals surface area contributed by atoms with E-state index in [1.807, 2.05) is 24.3 Å². The molecule has 2 saturated heterocycles. The number of aliphatic hydroxyl groups excluding tert-OH is 1. The Morgan fingerprint density at radius 1 is 1.25 bits per heavy atom. The quantitative estimate of drug-likeness (QED) is 0.812. The molecule has 0 saturated carbocycles. The van der Waals surface area contributed by atoms with Crippen LogP contribution in [0.5, 0.6) is 0 Å². The average Bonchev–Trinajstić information content (AvgIpc) is 2.90. The SMILES string of the molecule is Nc1cccc(C(O)CN2CCC3(CC2)OCCO3)c1. The van der Waals surface area contributed by atoms with Gasteiger partial charge in [0.1, 0.15) is 0 Å². The number of nitrogen functional groups attached to an aromatic ring is 1. The van der Waals surface area contributed by atoms with Crippen molar-refractivity contribution in [3.05, 3.63) is 29.8 Å². The second-order valence-electron chi connectivity index (χ2n) is 5.59. The van der Waals surface area contributed by atoms with Crippen LogP contribution < -0.4 is 5.73 Å². The van der Waals surface area contributed by atoms with Gasteiger partial charge in [0.15, 0.2) is 5.79 Å². The Kier molecular flexibility index (Phi) is 3.94. The van der Waals surface area contributed by atoms with E-state index in [1.54, 1.807) is 0 Å². The molecule has 0 aromatic heterocycles. The first kappa shape index (κ1) is 13.8. The summed E-state index contributed by atoms with van der Waals surface area (Å²) in [6.07, 6.45) is 1.24. The third kappa shape index (κ3) is 2.96. The van der Waals surface area contributed by atoms with Crippen LogP contribution in [-0.4, -0.2) is 48.6 Å². The first-order valence-corrected chi connectivity index (χ1v) is 7.21. The number of anilines is 1. The van der Waals surface area contributed by atoms with E-state index >= 15 is 0 Å². The maximum absolute atomic E-state index is 10.3. The highest BCUT2D eigenvalue weighted by atomic mass is 16.7. The lowest BCUT2D eigenvalue weighted by molar-refractivity contribution is -0.186. The summed E-state index contributed by atoms with van der Waals surface area (Å²) in [7, 11) is 0. The highest BCUT2D eigenvalue weighted by molar-refractivity contribution is 5.41. The predicted octanol–water partition coefficient (Wildman–Crippen LogP) is 1.14. The second kappa shape index (κ2) is 5.69. The van der Waals surface area contributed by atoms with Crippen molar-refractivity contribution in [2.45, 2.75) is 24.7 Å². The van der Waals surface area contributed by atoms with Crippen molar-refractivity contribution in [1.82, 2.24) is 4.90 Å². The molecule has 3 rings (SSSR count). The zero-order valence-corrected chi connectivity index (χ0v) is 11.6. The van der Waals surface area contributed by atoms with Gasteiger partial charge in [-0.05, 0) is 17.7 Å². The number of β-amino-alcohol motifs (C(OH)–C–C–N with tert-alkyl or cyclic N) is 1. The molecule has 1 atom stereocenters. The number of ether oxygens (including phenoxy) is 2. The van der Waals surface area contributed by atoms with Crippen LogP contribution in [0.15, 0.2) is 24.3 Å². The molecule has 5 heteroatoms. The fourth-order valence-corrected chi connectivity index (χ4v) is 2.98. The monoisotopic (exact) mass is 278 g/mol. The van der Waals surface area contributed by atoms with E-state index in [9.17, 15) is 5.11 Å². The van der Waals surface area contributed by atoms with Crippen LogP contribution in [0.1, 0.15) is 24.5 Å². The van der Waals surface area contributed by atoms with Crippen LogP contribution in [0.3, 0.4) is 0 Å². The van der Waals surface area contributed by atoms with Gasteiger partial charge in [0.05, 0.1) is 19.3 Å². The molecule has 2 aliphatic heterocycles. The fraction of sp³-hybridized carbons (Fsp3) is 0.600. The first-order valence-electron chi connectivity index (χ1n) is 7.21. The molecule has 0 radical (unpaired) electrons. The lowest BCUT2D eigenvalue weighted by Gasteiger charge is -2.38. The standard InChI is InChI=1S/C15H22N2O3/c16-13-3-1-2-12(10-13)14(18)11-17-6-4-15(5-7-17)19-8-9-20-15/h1-3,10,14,18H,4-9,11,16H2. The van der Waals surface area contributed by atoms with E-state index in [0.29, 0.717) is 25.4 Å². The summed E-state index contributed by atoms with van der Waals surface area (Å²) >= 11 is 0. The first-order chi connectivity index (χ1) is 9.67. The minimum Gasteiger partial charge on any atom is -0.399 e. The van der Waals surface area contributed by atoms with Gasteiger partial charge in [-0.3, -0.25) is 0 Å². The fourth-order valence-electron chi connectivity index (χ4n) is 2.98. The average molecular weight is 278 g/mol. The number of benzene rings is 1. The van der Waals surface area contributed by atoms with Crippen LogP contribution in [0.2, 0.25) is 0 Å². The number of hydrogen-bond donors (Lipinski definition) is 2. The van der Waals surface area contributed by atoms with E-state index in [1.165, 1.54) is 0 Å². The molecule has 1 spiro atoms. The third-order valence-corrected chi connectivity index (χ3v) is 4.16. The maximum Gasteiger partial charge on any atom is 0.170 e. The van der Waals surface area contributed by atoms with Gasteiger partial charge < -0.3 is 25.2 Å². The van der Waals surface area contributed by atoms with Crippen molar-refractivity contribution in [3.8, 4) is 0 Å². The summed E-state index contributed by atoms with van der Waals surface area (Å²) < 4.78 is 11.4. The highest BCUT2D eigenvalue weighted by Gasteiger charge is 2.39. The molecule has 2 heterocycles. The Hall–Kier alpha value is -1.14. The smallest absolute Gasteiger partial charge is 0.170 e. The Morgan fingerprint density at radius 3 is 2.60 bits per heavy atom. The molecule has 2 aliphatic rings. The largest absolute Gasteiger partial charge is 0.399 e. The van der Waals surface area contributed by atoms with Gasteiger partial charge in [-0.15, -0.1) is 0 Å². The van der Waals surface area contributed by atoms with Crippen molar-refractivity contribution in [2.24, 2.45) is 0 Å². The topological polar surface area (TPSA) is 68.0 Å². The lowest BCUT2D eigenvalue weighted by Crippen LogP contribution is -2.46. The number of nitrogens with zero attached hydrogens (tertiary/aromatic N) is 1. The molecule has 0 aliphatic carbocycles. The number of nitrogens with two attached hydrogens (primary N) is 1. The van der Waals surface area contributed by atoms with Crippen LogP contribution in [0, 0.1) is 0 Å². The predicted molar refractivity (Wildman–Crippen MR) is 76.1 cm³/mol. The number of piperidine rings is 1. The van der Waals surface area contributed by atoms with E-state index in [2.05, 4.69) is 4.90 Å². The Bertz CT molecular complexity index is 450. The Labute approximate surface area is 119 Å². The zero-order chi connectivity index (χ0) is 14.0. The van der Waals surface area contributed by atoms with E-state index in [-0.39, 0.29) is 5.79 Å². The van der Waals surface area contributed by atoms with Crippen molar-refractivity contribution in [3.63, 3.8) is 0 Å². The Balaban J connectivity index is 1.54. The number of rotatable bonds is 3. The van der Waals surface area contributed by atoms with Crippen molar-refractivity contribution in [1.29, 1.82) is 0 Å². The van der Waals surface area contributed by atoms with Gasteiger partial charge in [-0.2, -0.15) is 0 Å². The summed E-state index contributed by atoms with van der Waals surface area (Å²) in [5.41, 5.74) is 7.31. The minimum atomic E-state index is -0.502. The molecule has 1 unspecified atom stereocenters. The minimum absolute atomic E-state index is 0.349. The molecule has 3 N–H and O–H groups in total. The number of likely N-dealkylation sites (tertiary alicyclic amines) is 1. The molecule has 1 aromatic rings. The molecule has 1 aromatic carbocycles. The molecule has 0 bridgehead atoms. The van der Waals surface area contributed by atoms with Crippen molar-refractivity contribution < 1.29 is 14.6 Å². The van der Waals surface area contributed by atoms with E-state index < -0.39 is 6.10 Å².